The third-order valence-electron chi connectivity index (χ3n) is 4.55. The van der Waals surface area contributed by atoms with Crippen LogP contribution in [0.15, 0.2) is 77.3 Å². The third-order valence-corrected chi connectivity index (χ3v) is 5.08. The summed E-state index contributed by atoms with van der Waals surface area (Å²) in [5.74, 6) is 0.391. The Morgan fingerprint density at radius 2 is 1.72 bits per heavy atom. The van der Waals surface area contributed by atoms with Crippen LogP contribution in [0.1, 0.15) is 21.7 Å². The summed E-state index contributed by atoms with van der Waals surface area (Å²) in [4.78, 5) is 17.4. The van der Waals surface area contributed by atoms with Gasteiger partial charge in [-0.2, -0.15) is 0 Å². The second kappa shape index (κ2) is 8.01. The highest BCUT2D eigenvalue weighted by Crippen LogP contribution is 2.24. The molecular weight excluding hydrogens is 428 g/mol. The first-order valence-corrected chi connectivity index (χ1v) is 9.97. The molecule has 0 unspecified atom stereocenters. The van der Waals surface area contributed by atoms with E-state index in [1.54, 1.807) is 4.68 Å². The van der Waals surface area contributed by atoms with Crippen molar-refractivity contribution in [2.45, 2.75) is 13.8 Å². The van der Waals surface area contributed by atoms with Crippen LogP contribution in [0.5, 0.6) is 0 Å². The zero-order chi connectivity index (χ0) is 20.4. The summed E-state index contributed by atoms with van der Waals surface area (Å²) in [5, 5.41) is 7.43. The fourth-order valence-corrected chi connectivity index (χ4v) is 3.30. The van der Waals surface area contributed by atoms with Gasteiger partial charge in [0.25, 0.3) is 5.91 Å². The number of nitrogens with one attached hydrogen (secondary N) is 1. The lowest BCUT2D eigenvalue weighted by atomic mass is 10.1. The van der Waals surface area contributed by atoms with E-state index in [-0.39, 0.29) is 11.7 Å². The van der Waals surface area contributed by atoms with Gasteiger partial charge in [-0.15, -0.1) is 5.10 Å². The Morgan fingerprint density at radius 1 is 0.966 bits per heavy atom. The summed E-state index contributed by atoms with van der Waals surface area (Å²) in [6, 6.07) is 23.3. The average Bonchev–Trinajstić information content (AvgIpc) is 3.16. The molecule has 6 heteroatoms. The Labute approximate surface area is 177 Å². The SMILES string of the molecule is Cc1cccc(-c2nc(C(=O)Nc3ccccc3C)nn2-c2ccc(Br)cc2)c1. The highest BCUT2D eigenvalue weighted by atomic mass is 79.9. The Kier molecular flexibility index (Phi) is 5.27. The van der Waals surface area contributed by atoms with Crippen molar-refractivity contribution in [1.29, 1.82) is 0 Å². The molecule has 4 rings (SSSR count). The number of hydrogen-bond donors (Lipinski definition) is 1. The van der Waals surface area contributed by atoms with Crippen LogP contribution in [0.25, 0.3) is 17.1 Å². The molecule has 0 atom stereocenters. The van der Waals surface area contributed by atoms with E-state index in [0.717, 1.165) is 32.5 Å². The number of amides is 1. The molecule has 1 amide bonds. The lowest BCUT2D eigenvalue weighted by Crippen LogP contribution is -2.15. The molecule has 3 aromatic carbocycles. The zero-order valence-electron chi connectivity index (χ0n) is 16.1. The van der Waals surface area contributed by atoms with E-state index < -0.39 is 0 Å². The Hall–Kier alpha value is -3.25. The zero-order valence-corrected chi connectivity index (χ0v) is 17.6. The van der Waals surface area contributed by atoms with Crippen LogP contribution >= 0.6 is 15.9 Å². The van der Waals surface area contributed by atoms with E-state index >= 15 is 0 Å². The number of para-hydroxylation sites is 1. The van der Waals surface area contributed by atoms with Gasteiger partial charge in [-0.05, 0) is 55.8 Å². The number of carbonyl (C=O) groups is 1. The fourth-order valence-electron chi connectivity index (χ4n) is 3.03. The number of aryl methyl sites for hydroxylation is 2. The molecule has 0 fully saturated rings. The first kappa shape index (κ1) is 19.1. The number of aromatic nitrogens is 3. The van der Waals surface area contributed by atoms with Gasteiger partial charge >= 0.3 is 0 Å². The van der Waals surface area contributed by atoms with Crippen molar-refractivity contribution in [3.05, 3.63) is 94.2 Å². The summed E-state index contributed by atoms with van der Waals surface area (Å²) >= 11 is 3.45. The average molecular weight is 447 g/mol. The second-order valence-corrected chi connectivity index (χ2v) is 7.70. The fraction of sp³-hybridized carbons (Fsp3) is 0.0870. The molecule has 0 aliphatic heterocycles. The molecule has 1 aromatic heterocycles. The predicted octanol–water partition coefficient (Wildman–Crippen LogP) is 5.57. The normalized spacial score (nSPS) is 10.7. The molecule has 0 aliphatic carbocycles. The van der Waals surface area contributed by atoms with Crippen LogP contribution in [0.4, 0.5) is 5.69 Å². The number of rotatable bonds is 4. The van der Waals surface area contributed by atoms with Crippen LogP contribution in [0, 0.1) is 13.8 Å². The number of hydrogen-bond acceptors (Lipinski definition) is 3. The van der Waals surface area contributed by atoms with E-state index in [1.165, 1.54) is 0 Å². The summed E-state index contributed by atoms with van der Waals surface area (Å²) in [5.41, 5.74) is 4.56. The smallest absolute Gasteiger partial charge is 0.295 e. The number of benzene rings is 3. The second-order valence-electron chi connectivity index (χ2n) is 6.79. The molecule has 0 aliphatic rings. The van der Waals surface area contributed by atoms with Crippen molar-refractivity contribution in [3.8, 4) is 17.1 Å². The largest absolute Gasteiger partial charge is 0.319 e. The van der Waals surface area contributed by atoms with Gasteiger partial charge in [-0.3, -0.25) is 4.79 Å². The molecule has 0 bridgehead atoms. The summed E-state index contributed by atoms with van der Waals surface area (Å²) in [6.07, 6.45) is 0. The number of anilines is 1. The lowest BCUT2D eigenvalue weighted by Gasteiger charge is -2.06. The van der Waals surface area contributed by atoms with Crippen molar-refractivity contribution in [2.24, 2.45) is 0 Å². The van der Waals surface area contributed by atoms with Crippen molar-refractivity contribution < 1.29 is 4.79 Å². The summed E-state index contributed by atoms with van der Waals surface area (Å²) in [6.45, 7) is 3.97. The molecule has 5 nitrogen and oxygen atoms in total. The standard InChI is InChI=1S/C23H19BrN4O/c1-15-6-5-8-17(14-15)22-26-21(23(29)25-20-9-4-3-7-16(20)2)27-28(22)19-12-10-18(24)11-13-19/h3-14H,1-2H3,(H,25,29). The first-order valence-electron chi connectivity index (χ1n) is 9.18. The van der Waals surface area contributed by atoms with E-state index in [1.807, 2.05) is 86.6 Å². The molecule has 144 valence electrons. The van der Waals surface area contributed by atoms with E-state index in [4.69, 9.17) is 0 Å². The Bertz CT molecular complexity index is 1180. The summed E-state index contributed by atoms with van der Waals surface area (Å²) in [7, 11) is 0. The molecule has 0 radical (unpaired) electrons. The Morgan fingerprint density at radius 3 is 2.45 bits per heavy atom. The van der Waals surface area contributed by atoms with Crippen LogP contribution in [0.2, 0.25) is 0 Å². The van der Waals surface area contributed by atoms with Crippen LogP contribution in [-0.2, 0) is 0 Å². The highest BCUT2D eigenvalue weighted by molar-refractivity contribution is 9.10. The van der Waals surface area contributed by atoms with E-state index in [9.17, 15) is 4.79 Å². The van der Waals surface area contributed by atoms with Crippen molar-refractivity contribution in [3.63, 3.8) is 0 Å². The maximum atomic E-state index is 12.9. The monoisotopic (exact) mass is 446 g/mol. The van der Waals surface area contributed by atoms with Crippen molar-refractivity contribution in [2.75, 3.05) is 5.32 Å². The molecule has 29 heavy (non-hydrogen) atoms. The van der Waals surface area contributed by atoms with Gasteiger partial charge in [0, 0.05) is 15.7 Å². The molecule has 1 heterocycles. The topological polar surface area (TPSA) is 59.8 Å². The minimum Gasteiger partial charge on any atom is -0.319 e. The minimum absolute atomic E-state index is 0.118. The van der Waals surface area contributed by atoms with Crippen molar-refractivity contribution >= 4 is 27.5 Å². The molecule has 4 aromatic rings. The van der Waals surface area contributed by atoms with Crippen LogP contribution in [-0.4, -0.2) is 20.7 Å². The third kappa shape index (κ3) is 4.12. The molecule has 1 N–H and O–H groups in total. The highest BCUT2D eigenvalue weighted by Gasteiger charge is 2.19. The Balaban J connectivity index is 1.78. The predicted molar refractivity (Wildman–Crippen MR) is 118 cm³/mol. The molecule has 0 spiro atoms. The maximum Gasteiger partial charge on any atom is 0.295 e. The molecular formula is C23H19BrN4O. The van der Waals surface area contributed by atoms with Gasteiger partial charge in [0.1, 0.15) is 0 Å². The lowest BCUT2D eigenvalue weighted by molar-refractivity contribution is 0.101. The van der Waals surface area contributed by atoms with Gasteiger partial charge in [0.2, 0.25) is 5.82 Å². The molecule has 0 saturated carbocycles. The van der Waals surface area contributed by atoms with E-state index in [0.29, 0.717) is 5.82 Å². The van der Waals surface area contributed by atoms with Gasteiger partial charge in [0.15, 0.2) is 5.82 Å². The maximum absolute atomic E-state index is 12.9. The van der Waals surface area contributed by atoms with Gasteiger partial charge in [0.05, 0.1) is 5.69 Å². The number of halogens is 1. The van der Waals surface area contributed by atoms with Gasteiger partial charge in [-0.1, -0.05) is 57.9 Å². The first-order chi connectivity index (χ1) is 14.0. The summed E-state index contributed by atoms with van der Waals surface area (Å²) < 4.78 is 2.67. The van der Waals surface area contributed by atoms with Crippen LogP contribution in [0.3, 0.4) is 0 Å². The van der Waals surface area contributed by atoms with E-state index in [2.05, 4.69) is 31.3 Å². The number of carbonyl (C=O) groups excluding carboxylic acids is 1. The van der Waals surface area contributed by atoms with Crippen LogP contribution < -0.4 is 5.32 Å². The van der Waals surface area contributed by atoms with Gasteiger partial charge < -0.3 is 5.32 Å². The minimum atomic E-state index is -0.343. The van der Waals surface area contributed by atoms with Gasteiger partial charge in [-0.25, -0.2) is 9.67 Å². The number of nitrogens with zero attached hydrogens (tertiary/aromatic N) is 3. The van der Waals surface area contributed by atoms with Crippen molar-refractivity contribution in [1.82, 2.24) is 14.8 Å². The quantitative estimate of drug-likeness (QED) is 0.445. The molecule has 0 saturated heterocycles.